The molecule has 148 valence electrons. The van der Waals surface area contributed by atoms with Crippen molar-refractivity contribution in [2.45, 2.75) is 6.42 Å². The van der Waals surface area contributed by atoms with Gasteiger partial charge in [0, 0.05) is 12.6 Å². The summed E-state index contributed by atoms with van der Waals surface area (Å²) in [6, 6.07) is 10.9. The summed E-state index contributed by atoms with van der Waals surface area (Å²) >= 11 is 0. The largest absolute Gasteiger partial charge is 0.493 e. The number of methoxy groups -OCH3 is 1. The molecule has 0 spiro atoms. The van der Waals surface area contributed by atoms with E-state index >= 15 is 0 Å². The molecule has 29 heavy (non-hydrogen) atoms. The maximum atomic E-state index is 12.3. The number of amides is 2. The minimum Gasteiger partial charge on any atom is -0.493 e. The number of imide groups is 1. The van der Waals surface area contributed by atoms with Crippen LogP contribution in [-0.2, 0) is 4.79 Å². The van der Waals surface area contributed by atoms with E-state index in [1.165, 1.54) is 31.4 Å². The molecule has 0 saturated carbocycles. The lowest BCUT2D eigenvalue weighted by atomic mass is 10.1. The maximum Gasteiger partial charge on any atom is 0.313 e. The van der Waals surface area contributed by atoms with E-state index in [1.807, 2.05) is 0 Å². The van der Waals surface area contributed by atoms with Crippen LogP contribution in [0, 0.1) is 10.1 Å². The normalized spacial score (nSPS) is 12.9. The lowest BCUT2D eigenvalue weighted by Gasteiger charge is -2.14. The van der Waals surface area contributed by atoms with Gasteiger partial charge in [-0.1, -0.05) is 18.2 Å². The van der Waals surface area contributed by atoms with Crippen LogP contribution >= 0.6 is 0 Å². The molecule has 0 atom stereocenters. The van der Waals surface area contributed by atoms with Crippen LogP contribution in [0.2, 0.25) is 0 Å². The average molecular weight is 396 g/mol. The fourth-order valence-corrected chi connectivity index (χ4v) is 2.84. The number of carbonyl (C=O) groups excluding carboxylic acids is 3. The molecule has 0 fully saturated rings. The third-order valence-electron chi connectivity index (χ3n) is 4.22. The van der Waals surface area contributed by atoms with Crippen LogP contribution in [0.1, 0.15) is 32.7 Å². The number of hydrogen-bond donors (Lipinski definition) is 0. The highest BCUT2D eigenvalue weighted by atomic mass is 16.6. The zero-order valence-electron chi connectivity index (χ0n) is 15.4. The summed E-state index contributed by atoms with van der Waals surface area (Å²) in [4.78, 5) is 47.6. The third kappa shape index (κ3) is 4.29. The van der Waals surface area contributed by atoms with Crippen molar-refractivity contribution >= 4 is 23.9 Å². The van der Waals surface area contributed by atoms with Crippen molar-refractivity contribution in [3.63, 3.8) is 0 Å². The van der Waals surface area contributed by atoms with Gasteiger partial charge >= 0.3 is 5.97 Å². The summed E-state index contributed by atoms with van der Waals surface area (Å²) in [5, 5.41) is 10.4. The fourth-order valence-electron chi connectivity index (χ4n) is 2.84. The molecule has 9 heteroatoms. The molecule has 0 N–H and O–H groups in total. The van der Waals surface area contributed by atoms with Gasteiger partial charge < -0.3 is 9.47 Å². The quantitative estimate of drug-likeness (QED) is 0.232. The van der Waals surface area contributed by atoms with Crippen molar-refractivity contribution < 1.29 is 28.8 Å². The van der Waals surface area contributed by atoms with Crippen LogP contribution in [0.3, 0.4) is 0 Å². The third-order valence-corrected chi connectivity index (χ3v) is 4.22. The first-order valence-electron chi connectivity index (χ1n) is 8.56. The summed E-state index contributed by atoms with van der Waals surface area (Å²) in [5.74, 6) is -1.22. The molecule has 0 aromatic heterocycles. The molecule has 0 aliphatic carbocycles. The van der Waals surface area contributed by atoms with Gasteiger partial charge in [0.25, 0.3) is 11.8 Å². The molecule has 0 unspecified atom stereocenters. The van der Waals surface area contributed by atoms with Crippen molar-refractivity contribution in [3.05, 3.63) is 75.5 Å². The van der Waals surface area contributed by atoms with E-state index < -0.39 is 22.7 Å². The second kappa shape index (κ2) is 8.34. The molecular formula is C20H16N2O7. The van der Waals surface area contributed by atoms with Crippen molar-refractivity contribution in [1.29, 1.82) is 0 Å². The second-order valence-electron chi connectivity index (χ2n) is 6.04. The summed E-state index contributed by atoms with van der Waals surface area (Å²) in [6.45, 7) is -0.114. The van der Waals surface area contributed by atoms with E-state index in [0.717, 1.165) is 11.1 Å². The number of nitro groups is 1. The number of fused-ring (bicyclic) bond motifs is 1. The zero-order valence-corrected chi connectivity index (χ0v) is 15.4. The van der Waals surface area contributed by atoms with Crippen LogP contribution in [0.25, 0.3) is 6.08 Å². The lowest BCUT2D eigenvalue weighted by molar-refractivity contribution is -0.400. The Morgan fingerprint density at radius 3 is 2.34 bits per heavy atom. The topological polar surface area (TPSA) is 116 Å². The second-order valence-corrected chi connectivity index (χ2v) is 6.04. The van der Waals surface area contributed by atoms with Crippen LogP contribution in [-0.4, -0.2) is 41.3 Å². The van der Waals surface area contributed by atoms with Crippen molar-refractivity contribution in [3.8, 4) is 11.5 Å². The van der Waals surface area contributed by atoms with Gasteiger partial charge in [0.15, 0.2) is 11.5 Å². The van der Waals surface area contributed by atoms with Gasteiger partial charge in [0.05, 0.1) is 29.6 Å². The number of esters is 1. The van der Waals surface area contributed by atoms with E-state index in [2.05, 4.69) is 0 Å². The SMILES string of the molecule is COc1cc(/C=C/[N+](=O)[O-])ccc1OC(=O)CCN1C(=O)c2ccccc2C1=O. The van der Waals surface area contributed by atoms with Crippen LogP contribution in [0.5, 0.6) is 11.5 Å². The number of benzene rings is 2. The summed E-state index contributed by atoms with van der Waals surface area (Å²) in [6.07, 6.45) is 1.86. The molecule has 0 bridgehead atoms. The number of carbonyl (C=O) groups is 3. The molecule has 2 amide bonds. The van der Waals surface area contributed by atoms with E-state index in [9.17, 15) is 24.5 Å². The van der Waals surface area contributed by atoms with E-state index in [4.69, 9.17) is 9.47 Å². The highest BCUT2D eigenvalue weighted by Gasteiger charge is 2.35. The Balaban J connectivity index is 1.64. The molecule has 0 radical (unpaired) electrons. The Morgan fingerprint density at radius 1 is 1.10 bits per heavy atom. The Kier molecular flexibility index (Phi) is 5.68. The predicted octanol–water partition coefficient (Wildman–Crippen LogP) is 2.53. The van der Waals surface area contributed by atoms with Gasteiger partial charge in [0.2, 0.25) is 6.20 Å². The number of rotatable bonds is 7. The highest BCUT2D eigenvalue weighted by Crippen LogP contribution is 2.29. The predicted molar refractivity (Wildman–Crippen MR) is 101 cm³/mol. The van der Waals surface area contributed by atoms with Crippen molar-refractivity contribution in [2.75, 3.05) is 13.7 Å². The molecule has 2 aromatic rings. The van der Waals surface area contributed by atoms with Gasteiger partial charge in [-0.15, -0.1) is 0 Å². The molecular weight excluding hydrogens is 380 g/mol. The summed E-state index contributed by atoms with van der Waals surface area (Å²) < 4.78 is 10.4. The summed E-state index contributed by atoms with van der Waals surface area (Å²) in [7, 11) is 1.37. The first kappa shape index (κ1) is 19.7. The molecule has 9 nitrogen and oxygen atoms in total. The van der Waals surface area contributed by atoms with E-state index in [1.54, 1.807) is 24.3 Å². The first-order chi connectivity index (χ1) is 13.9. The number of nitrogens with zero attached hydrogens (tertiary/aromatic N) is 2. The van der Waals surface area contributed by atoms with E-state index in [0.29, 0.717) is 16.7 Å². The van der Waals surface area contributed by atoms with Gasteiger partial charge in [-0.3, -0.25) is 29.4 Å². The fraction of sp³-hybridized carbons (Fsp3) is 0.150. The van der Waals surface area contributed by atoms with Crippen molar-refractivity contribution in [2.24, 2.45) is 0 Å². The molecule has 1 aliphatic heterocycles. The summed E-state index contributed by atoms with van der Waals surface area (Å²) in [5.41, 5.74) is 1.11. The van der Waals surface area contributed by atoms with Gasteiger partial charge in [0.1, 0.15) is 0 Å². The van der Waals surface area contributed by atoms with Crippen LogP contribution in [0.4, 0.5) is 0 Å². The lowest BCUT2D eigenvalue weighted by Crippen LogP contribution is -2.32. The Morgan fingerprint density at radius 2 is 1.76 bits per heavy atom. The van der Waals surface area contributed by atoms with Crippen LogP contribution in [0.15, 0.2) is 48.7 Å². The Bertz CT molecular complexity index is 994. The molecule has 3 rings (SSSR count). The number of hydrogen-bond acceptors (Lipinski definition) is 7. The Labute approximate surface area is 165 Å². The minimum absolute atomic E-state index is 0.114. The first-order valence-corrected chi connectivity index (χ1v) is 8.56. The van der Waals surface area contributed by atoms with Crippen LogP contribution < -0.4 is 9.47 Å². The monoisotopic (exact) mass is 396 g/mol. The van der Waals surface area contributed by atoms with Gasteiger partial charge in [-0.2, -0.15) is 0 Å². The zero-order chi connectivity index (χ0) is 21.0. The van der Waals surface area contributed by atoms with Gasteiger partial charge in [-0.25, -0.2) is 0 Å². The smallest absolute Gasteiger partial charge is 0.313 e. The maximum absolute atomic E-state index is 12.3. The highest BCUT2D eigenvalue weighted by molar-refractivity contribution is 6.21. The standard InChI is InChI=1S/C20H16N2O7/c1-28-17-12-13(8-11-22(26)27)6-7-16(17)29-18(23)9-10-21-19(24)14-4-2-3-5-15(14)20(21)25/h2-8,11-12H,9-10H2,1H3/b11-8+. The molecule has 1 aliphatic rings. The number of ether oxygens (including phenoxy) is 2. The van der Waals surface area contributed by atoms with Crippen molar-refractivity contribution in [1.82, 2.24) is 4.90 Å². The van der Waals surface area contributed by atoms with Gasteiger partial charge in [-0.05, 0) is 29.8 Å². The average Bonchev–Trinajstić information content (AvgIpc) is 2.96. The molecule has 1 heterocycles. The minimum atomic E-state index is -0.659. The molecule has 0 saturated heterocycles. The Hall–Kier alpha value is -4.01. The molecule has 2 aromatic carbocycles. The van der Waals surface area contributed by atoms with E-state index in [-0.39, 0.29) is 24.5 Å².